The summed E-state index contributed by atoms with van der Waals surface area (Å²) >= 11 is 0. The smallest absolute Gasteiger partial charge is 0.384 e. The van der Waals surface area contributed by atoms with E-state index < -0.39 is 12.7 Å². The second kappa shape index (κ2) is 4.42. The van der Waals surface area contributed by atoms with Crippen molar-refractivity contribution in [3.05, 3.63) is 29.8 Å². The summed E-state index contributed by atoms with van der Waals surface area (Å²) < 4.78 is 36.6. The van der Waals surface area contributed by atoms with Crippen LogP contribution in [0.15, 0.2) is 24.3 Å². The number of para-hydroxylation sites is 1. The number of hydrogen-bond donors (Lipinski definition) is 2. The summed E-state index contributed by atoms with van der Waals surface area (Å²) in [6.07, 6.45) is -4.28. The molecule has 3 nitrogen and oxygen atoms in total. The van der Waals surface area contributed by atoms with E-state index in [1.54, 1.807) is 12.1 Å². The van der Waals surface area contributed by atoms with Crippen molar-refractivity contribution in [1.82, 2.24) is 0 Å². The third-order valence-corrected chi connectivity index (χ3v) is 2.02. The Kier molecular flexibility index (Phi) is 3.41. The first-order valence-corrected chi connectivity index (χ1v) is 4.52. The number of nitrogen functional groups attached to an aromatic ring is 1. The first kappa shape index (κ1) is 12.4. The molecule has 0 unspecified atom stereocenters. The fourth-order valence-corrected chi connectivity index (χ4v) is 1.39. The predicted octanol–water partition coefficient (Wildman–Crippen LogP) is 1.97. The Bertz CT molecular complexity index is 387. The summed E-state index contributed by atoms with van der Waals surface area (Å²) in [6.45, 7) is -1.07. The molecule has 0 heterocycles. The molecule has 3 N–H and O–H groups in total. The number of hydrogen-bond acceptors (Lipinski definition) is 2. The Morgan fingerprint density at radius 1 is 1.38 bits per heavy atom. The lowest BCUT2D eigenvalue weighted by atomic mass is 10.1. The predicted molar refractivity (Wildman–Crippen MR) is 56.8 cm³/mol. The molecule has 1 aromatic rings. The third kappa shape index (κ3) is 3.15. The average molecular weight is 231 g/mol. The normalized spacial score (nSPS) is 11.2. The number of nitrogens with two attached hydrogens (primary N) is 1. The number of anilines is 1. The maximum atomic E-state index is 12.2. The lowest BCUT2D eigenvalue weighted by molar-refractivity contribution is -0.119. The zero-order valence-electron chi connectivity index (χ0n) is 8.67. The van der Waals surface area contributed by atoms with Crippen molar-refractivity contribution < 1.29 is 13.2 Å². The van der Waals surface area contributed by atoms with E-state index in [0.29, 0.717) is 11.3 Å². The second-order valence-electron chi connectivity index (χ2n) is 3.40. The SMILES string of the molecule is CN(CC(F)(F)F)c1ccccc1C(=N)N. The minimum absolute atomic E-state index is 0.246. The van der Waals surface area contributed by atoms with Gasteiger partial charge in [-0.1, -0.05) is 12.1 Å². The fourth-order valence-electron chi connectivity index (χ4n) is 1.39. The number of nitrogens with zero attached hydrogens (tertiary/aromatic N) is 1. The molecular weight excluding hydrogens is 219 g/mol. The quantitative estimate of drug-likeness (QED) is 0.617. The highest BCUT2D eigenvalue weighted by Gasteiger charge is 2.30. The van der Waals surface area contributed by atoms with Gasteiger partial charge in [-0.15, -0.1) is 0 Å². The zero-order valence-corrected chi connectivity index (χ0v) is 8.67. The first-order valence-electron chi connectivity index (χ1n) is 4.52. The number of benzene rings is 1. The summed E-state index contributed by atoms with van der Waals surface area (Å²) in [5.74, 6) is -0.246. The van der Waals surface area contributed by atoms with E-state index in [9.17, 15) is 13.2 Å². The van der Waals surface area contributed by atoms with Crippen molar-refractivity contribution in [2.24, 2.45) is 5.73 Å². The van der Waals surface area contributed by atoms with Gasteiger partial charge in [-0.25, -0.2) is 0 Å². The maximum Gasteiger partial charge on any atom is 0.405 e. The third-order valence-electron chi connectivity index (χ3n) is 2.02. The summed E-state index contributed by atoms with van der Waals surface area (Å²) in [5.41, 5.74) is 5.89. The van der Waals surface area contributed by atoms with Crippen molar-refractivity contribution in [3.63, 3.8) is 0 Å². The largest absolute Gasteiger partial charge is 0.405 e. The minimum Gasteiger partial charge on any atom is -0.384 e. The molecular formula is C10H12F3N3. The lowest BCUT2D eigenvalue weighted by Gasteiger charge is -2.23. The monoisotopic (exact) mass is 231 g/mol. The molecule has 0 aliphatic carbocycles. The molecule has 16 heavy (non-hydrogen) atoms. The van der Waals surface area contributed by atoms with E-state index in [2.05, 4.69) is 0 Å². The summed E-state index contributed by atoms with van der Waals surface area (Å²) in [4.78, 5) is 1.02. The van der Waals surface area contributed by atoms with Gasteiger partial charge in [0.1, 0.15) is 12.4 Å². The Morgan fingerprint density at radius 3 is 2.44 bits per heavy atom. The maximum absolute atomic E-state index is 12.2. The summed E-state index contributed by atoms with van der Waals surface area (Å²) in [7, 11) is 1.31. The first-order chi connectivity index (χ1) is 7.31. The molecule has 1 rings (SSSR count). The van der Waals surface area contributed by atoms with Gasteiger partial charge in [0.05, 0.1) is 0 Å². The van der Waals surface area contributed by atoms with Crippen LogP contribution in [0.4, 0.5) is 18.9 Å². The van der Waals surface area contributed by atoms with Crippen LogP contribution in [0.2, 0.25) is 0 Å². The Hall–Kier alpha value is -1.72. The van der Waals surface area contributed by atoms with Crippen LogP contribution in [0.5, 0.6) is 0 Å². The summed E-state index contributed by atoms with van der Waals surface area (Å²) in [5, 5.41) is 7.27. The molecule has 0 aliphatic heterocycles. The van der Waals surface area contributed by atoms with E-state index in [4.69, 9.17) is 11.1 Å². The van der Waals surface area contributed by atoms with Gasteiger partial charge in [0, 0.05) is 18.3 Å². The van der Waals surface area contributed by atoms with E-state index in [1.165, 1.54) is 19.2 Å². The Labute approximate surface area is 91.2 Å². The standard InChI is InChI=1S/C10H12F3N3/c1-16(6-10(11,12)13)8-5-3-2-4-7(8)9(14)15/h2-5H,6H2,1H3,(H3,14,15). The molecule has 0 saturated heterocycles. The molecule has 1 aromatic carbocycles. The highest BCUT2D eigenvalue weighted by molar-refractivity contribution is 6.00. The second-order valence-corrected chi connectivity index (χ2v) is 3.40. The van der Waals surface area contributed by atoms with E-state index in [-0.39, 0.29) is 5.84 Å². The highest BCUT2D eigenvalue weighted by Crippen LogP contribution is 2.23. The summed E-state index contributed by atoms with van der Waals surface area (Å²) in [6, 6.07) is 6.25. The molecule has 88 valence electrons. The number of rotatable bonds is 3. The van der Waals surface area contributed by atoms with Crippen LogP contribution in [0, 0.1) is 5.41 Å². The van der Waals surface area contributed by atoms with Gasteiger partial charge in [0.2, 0.25) is 0 Å². The van der Waals surface area contributed by atoms with Crippen molar-refractivity contribution >= 4 is 11.5 Å². The van der Waals surface area contributed by atoms with Gasteiger partial charge in [0.25, 0.3) is 0 Å². The van der Waals surface area contributed by atoms with E-state index in [0.717, 1.165) is 4.90 Å². The van der Waals surface area contributed by atoms with Gasteiger partial charge in [-0.2, -0.15) is 13.2 Å². The number of amidine groups is 1. The number of alkyl halides is 3. The lowest BCUT2D eigenvalue weighted by Crippen LogP contribution is -2.32. The topological polar surface area (TPSA) is 53.1 Å². The van der Waals surface area contributed by atoms with Gasteiger partial charge < -0.3 is 10.6 Å². The zero-order chi connectivity index (χ0) is 12.3. The molecule has 0 aromatic heterocycles. The van der Waals surface area contributed by atoms with Gasteiger partial charge in [0.15, 0.2) is 0 Å². The molecule has 0 saturated carbocycles. The van der Waals surface area contributed by atoms with E-state index >= 15 is 0 Å². The minimum atomic E-state index is -4.28. The van der Waals surface area contributed by atoms with Crippen molar-refractivity contribution in [2.75, 3.05) is 18.5 Å². The van der Waals surface area contributed by atoms with Crippen LogP contribution in [0.25, 0.3) is 0 Å². The van der Waals surface area contributed by atoms with Gasteiger partial charge >= 0.3 is 6.18 Å². The van der Waals surface area contributed by atoms with Gasteiger partial charge in [-0.05, 0) is 12.1 Å². The van der Waals surface area contributed by atoms with Crippen LogP contribution in [0.1, 0.15) is 5.56 Å². The van der Waals surface area contributed by atoms with Crippen LogP contribution in [-0.4, -0.2) is 25.6 Å². The van der Waals surface area contributed by atoms with Crippen molar-refractivity contribution in [1.29, 1.82) is 5.41 Å². The molecule has 0 amide bonds. The molecule has 0 bridgehead atoms. The van der Waals surface area contributed by atoms with Crippen LogP contribution >= 0.6 is 0 Å². The Balaban J connectivity index is 2.99. The average Bonchev–Trinajstić information content (AvgIpc) is 2.15. The molecule has 0 spiro atoms. The number of nitrogens with one attached hydrogen (secondary N) is 1. The van der Waals surface area contributed by atoms with Crippen molar-refractivity contribution in [2.45, 2.75) is 6.18 Å². The number of halogens is 3. The van der Waals surface area contributed by atoms with Crippen LogP contribution in [0.3, 0.4) is 0 Å². The van der Waals surface area contributed by atoms with Crippen LogP contribution in [-0.2, 0) is 0 Å². The van der Waals surface area contributed by atoms with Crippen molar-refractivity contribution in [3.8, 4) is 0 Å². The molecule has 0 radical (unpaired) electrons. The fraction of sp³-hybridized carbons (Fsp3) is 0.300. The molecule has 6 heteroatoms. The van der Waals surface area contributed by atoms with Gasteiger partial charge in [-0.3, -0.25) is 5.41 Å². The van der Waals surface area contributed by atoms with Crippen LogP contribution < -0.4 is 10.6 Å². The molecule has 0 aliphatic rings. The van der Waals surface area contributed by atoms with E-state index in [1.807, 2.05) is 0 Å². The molecule has 0 fully saturated rings. The highest BCUT2D eigenvalue weighted by atomic mass is 19.4. The Morgan fingerprint density at radius 2 is 1.94 bits per heavy atom. The molecule has 0 atom stereocenters.